The molecule has 35 heavy (non-hydrogen) atoms. The second kappa shape index (κ2) is 11.9. The van der Waals surface area contributed by atoms with E-state index in [4.69, 9.17) is 4.74 Å². The van der Waals surface area contributed by atoms with Gasteiger partial charge < -0.3 is 14.6 Å². The van der Waals surface area contributed by atoms with Crippen LogP contribution in [0, 0.1) is 5.92 Å². The van der Waals surface area contributed by atoms with Crippen molar-refractivity contribution in [3.8, 4) is 0 Å². The minimum atomic E-state index is -0.351. The highest BCUT2D eigenvalue weighted by Gasteiger charge is 2.29. The topological polar surface area (TPSA) is 86.1 Å². The number of ether oxygens (including phenoxy) is 1. The van der Waals surface area contributed by atoms with Crippen LogP contribution < -0.4 is 5.32 Å². The van der Waals surface area contributed by atoms with Crippen LogP contribution in [0.4, 0.5) is 5.00 Å². The summed E-state index contributed by atoms with van der Waals surface area (Å²) in [4.78, 5) is 26.8. The summed E-state index contributed by atoms with van der Waals surface area (Å²) in [6, 6.07) is 10.3. The van der Waals surface area contributed by atoms with Crippen LogP contribution in [0.2, 0.25) is 0 Å². The van der Waals surface area contributed by atoms with E-state index in [-0.39, 0.29) is 17.6 Å². The molecule has 4 rings (SSSR count). The van der Waals surface area contributed by atoms with Crippen molar-refractivity contribution < 1.29 is 14.3 Å². The van der Waals surface area contributed by atoms with Crippen molar-refractivity contribution in [2.75, 3.05) is 17.7 Å². The van der Waals surface area contributed by atoms with Crippen molar-refractivity contribution in [1.29, 1.82) is 0 Å². The third-order valence-corrected chi connectivity index (χ3v) is 8.30. The maximum Gasteiger partial charge on any atom is 0.341 e. The van der Waals surface area contributed by atoms with Crippen molar-refractivity contribution >= 4 is 40.0 Å². The number of hydrogen-bond acceptors (Lipinski definition) is 7. The maximum atomic E-state index is 12.9. The van der Waals surface area contributed by atoms with Crippen molar-refractivity contribution in [2.24, 2.45) is 5.92 Å². The van der Waals surface area contributed by atoms with Crippen LogP contribution in [0.1, 0.15) is 59.4 Å². The Labute approximate surface area is 214 Å². The molecule has 9 heteroatoms. The van der Waals surface area contributed by atoms with Gasteiger partial charge in [-0.25, -0.2) is 4.79 Å². The summed E-state index contributed by atoms with van der Waals surface area (Å²) in [5.41, 5.74) is 2.84. The molecular weight excluding hydrogens is 480 g/mol. The van der Waals surface area contributed by atoms with Crippen LogP contribution in [-0.2, 0) is 41.8 Å². The van der Waals surface area contributed by atoms with E-state index in [0.29, 0.717) is 23.1 Å². The molecule has 186 valence electrons. The molecular formula is C26H32N4O3S2. The van der Waals surface area contributed by atoms with E-state index in [0.717, 1.165) is 55.2 Å². The lowest BCUT2D eigenvalue weighted by Gasteiger charge is -2.18. The first-order valence-corrected chi connectivity index (χ1v) is 14.0. The Morgan fingerprint density at radius 1 is 1.20 bits per heavy atom. The number of benzene rings is 1. The predicted molar refractivity (Wildman–Crippen MR) is 140 cm³/mol. The van der Waals surface area contributed by atoms with Crippen LogP contribution in [0.5, 0.6) is 0 Å². The van der Waals surface area contributed by atoms with Gasteiger partial charge in [0.1, 0.15) is 10.8 Å². The molecule has 0 aliphatic heterocycles. The summed E-state index contributed by atoms with van der Waals surface area (Å²) < 4.78 is 7.37. The number of amides is 1. The number of hydrogen-bond donors (Lipinski definition) is 1. The molecule has 1 amide bonds. The van der Waals surface area contributed by atoms with Gasteiger partial charge in [-0.15, -0.1) is 21.5 Å². The minimum absolute atomic E-state index is 0.163. The number of rotatable bonds is 10. The highest BCUT2D eigenvalue weighted by molar-refractivity contribution is 7.99. The number of thiophene rings is 1. The fraction of sp³-hybridized carbons (Fsp3) is 0.462. The normalized spacial score (nSPS) is 15.0. The monoisotopic (exact) mass is 512 g/mol. The number of nitrogens with zero attached hydrogens (tertiary/aromatic N) is 3. The van der Waals surface area contributed by atoms with Gasteiger partial charge in [0.25, 0.3) is 0 Å². The number of aryl methyl sites for hydroxylation is 2. The molecule has 1 unspecified atom stereocenters. The van der Waals surface area contributed by atoms with Gasteiger partial charge in [-0.1, -0.05) is 49.0 Å². The van der Waals surface area contributed by atoms with Gasteiger partial charge in [-0.2, -0.15) is 0 Å². The number of carbonyl (C=O) groups is 2. The van der Waals surface area contributed by atoms with E-state index in [1.54, 1.807) is 6.92 Å². The first-order chi connectivity index (χ1) is 17.0. The predicted octanol–water partition coefficient (Wildman–Crippen LogP) is 5.18. The first-order valence-electron chi connectivity index (χ1n) is 12.2. The molecule has 1 N–H and O–H groups in total. The molecule has 1 aromatic carbocycles. The van der Waals surface area contributed by atoms with Crippen LogP contribution in [0.25, 0.3) is 0 Å². The fourth-order valence-corrected chi connectivity index (χ4v) is 6.62. The molecule has 3 aromatic rings. The zero-order valence-corrected chi connectivity index (χ0v) is 22.1. The first kappa shape index (κ1) is 25.4. The lowest BCUT2D eigenvalue weighted by atomic mass is 9.88. The van der Waals surface area contributed by atoms with Crippen molar-refractivity contribution in [2.45, 2.75) is 64.6 Å². The second-order valence-corrected chi connectivity index (χ2v) is 10.8. The van der Waals surface area contributed by atoms with Crippen molar-refractivity contribution in [1.82, 2.24) is 14.8 Å². The molecule has 1 atom stereocenters. The van der Waals surface area contributed by atoms with Crippen LogP contribution >= 0.6 is 23.1 Å². The summed E-state index contributed by atoms with van der Waals surface area (Å²) >= 11 is 2.88. The smallest absolute Gasteiger partial charge is 0.341 e. The number of fused-ring (bicyclic) bond motifs is 1. The summed E-state index contributed by atoms with van der Waals surface area (Å²) in [7, 11) is 0. The zero-order valence-electron chi connectivity index (χ0n) is 20.5. The largest absolute Gasteiger partial charge is 0.462 e. The van der Waals surface area contributed by atoms with Crippen molar-refractivity contribution in [3.05, 3.63) is 57.7 Å². The third kappa shape index (κ3) is 6.13. The van der Waals surface area contributed by atoms with E-state index in [1.165, 1.54) is 33.5 Å². The minimum Gasteiger partial charge on any atom is -0.462 e. The number of anilines is 1. The standard InChI is InChI=1S/C26H32N4O3S2/c1-4-30-21(14-12-18-9-7-6-8-10-18)28-29-26(30)34-16-22(31)27-24-23(25(32)33-5-2)19-13-11-17(3)15-20(19)35-24/h6-10,17H,4-5,11-16H2,1-3H3,(H,27,31). The summed E-state index contributed by atoms with van der Waals surface area (Å²) in [6.07, 6.45) is 4.50. The Balaban J connectivity index is 1.41. The summed E-state index contributed by atoms with van der Waals surface area (Å²) in [6.45, 7) is 7.12. The zero-order chi connectivity index (χ0) is 24.8. The number of aromatic nitrogens is 3. The molecule has 0 saturated carbocycles. The lowest BCUT2D eigenvalue weighted by molar-refractivity contribution is -0.113. The molecule has 0 spiro atoms. The number of carbonyl (C=O) groups excluding carboxylic acids is 2. The molecule has 1 aliphatic rings. The van der Waals surface area contributed by atoms with Gasteiger partial charge in [0.15, 0.2) is 5.16 Å². The van der Waals surface area contributed by atoms with E-state index >= 15 is 0 Å². The summed E-state index contributed by atoms with van der Waals surface area (Å²) in [5.74, 6) is 1.17. The Hall–Kier alpha value is -2.65. The van der Waals surface area contributed by atoms with Crippen molar-refractivity contribution in [3.63, 3.8) is 0 Å². The Kier molecular flexibility index (Phi) is 8.62. The summed E-state index contributed by atoms with van der Waals surface area (Å²) in [5, 5.41) is 13.0. The molecule has 0 saturated heterocycles. The number of nitrogens with one attached hydrogen (secondary N) is 1. The Morgan fingerprint density at radius 2 is 2.00 bits per heavy atom. The van der Waals surface area contributed by atoms with Gasteiger partial charge in [0, 0.05) is 17.8 Å². The Bertz CT molecular complexity index is 1170. The maximum absolute atomic E-state index is 12.9. The molecule has 1 aliphatic carbocycles. The van der Waals surface area contributed by atoms with E-state index < -0.39 is 0 Å². The lowest BCUT2D eigenvalue weighted by Crippen LogP contribution is -2.18. The van der Waals surface area contributed by atoms with Crippen LogP contribution in [0.3, 0.4) is 0 Å². The SMILES string of the molecule is CCOC(=O)c1c(NC(=O)CSc2nnc(CCc3ccccc3)n2CC)sc2c1CCC(C)C2. The van der Waals surface area contributed by atoms with Gasteiger partial charge >= 0.3 is 5.97 Å². The Morgan fingerprint density at radius 3 is 2.74 bits per heavy atom. The molecule has 0 fully saturated rings. The van der Waals surface area contributed by atoms with Crippen LogP contribution in [0.15, 0.2) is 35.5 Å². The van der Waals surface area contributed by atoms with Crippen LogP contribution in [-0.4, -0.2) is 39.0 Å². The van der Waals surface area contributed by atoms with E-state index in [2.05, 4.69) is 46.1 Å². The molecule has 0 radical (unpaired) electrons. The highest BCUT2D eigenvalue weighted by atomic mass is 32.2. The molecule has 0 bridgehead atoms. The highest BCUT2D eigenvalue weighted by Crippen LogP contribution is 2.40. The quantitative estimate of drug-likeness (QED) is 0.298. The van der Waals surface area contributed by atoms with E-state index in [1.807, 2.05) is 18.2 Å². The second-order valence-electron chi connectivity index (χ2n) is 8.74. The fourth-order valence-electron chi connectivity index (χ4n) is 4.38. The number of thioether (sulfide) groups is 1. The average molecular weight is 513 g/mol. The third-order valence-electron chi connectivity index (χ3n) is 6.17. The van der Waals surface area contributed by atoms with Gasteiger partial charge in [-0.3, -0.25) is 4.79 Å². The molecule has 2 heterocycles. The number of esters is 1. The molecule has 7 nitrogen and oxygen atoms in total. The van der Waals surface area contributed by atoms with Gasteiger partial charge in [0.05, 0.1) is 17.9 Å². The molecule has 2 aromatic heterocycles. The van der Waals surface area contributed by atoms with Gasteiger partial charge in [-0.05, 0) is 56.6 Å². The van der Waals surface area contributed by atoms with E-state index in [9.17, 15) is 9.59 Å². The average Bonchev–Trinajstić information content (AvgIpc) is 3.41. The van der Waals surface area contributed by atoms with Gasteiger partial charge in [0.2, 0.25) is 5.91 Å².